The van der Waals surface area contributed by atoms with E-state index in [1.165, 1.54) is 18.2 Å². The summed E-state index contributed by atoms with van der Waals surface area (Å²) >= 11 is 1.95. The van der Waals surface area contributed by atoms with E-state index in [4.69, 9.17) is 4.74 Å². The van der Waals surface area contributed by atoms with Gasteiger partial charge in [0, 0.05) is 17.1 Å². The number of ether oxygens (including phenoxy) is 2. The molecule has 2 aromatic carbocycles. The number of aromatic nitrogens is 1. The molecule has 1 aliphatic carbocycles. The summed E-state index contributed by atoms with van der Waals surface area (Å²) in [6.07, 6.45) is 3.62. The van der Waals surface area contributed by atoms with Crippen LogP contribution in [0.2, 0.25) is 0 Å². The molecule has 3 aromatic rings. The van der Waals surface area contributed by atoms with Crippen LogP contribution >= 0.6 is 22.6 Å². The molecular weight excluding hydrogens is 509 g/mol. The summed E-state index contributed by atoms with van der Waals surface area (Å²) in [5.41, 5.74) is 1.06. The predicted octanol–water partition coefficient (Wildman–Crippen LogP) is 5.19. The van der Waals surface area contributed by atoms with Crippen molar-refractivity contribution in [1.29, 1.82) is 0 Å². The summed E-state index contributed by atoms with van der Waals surface area (Å²) < 4.78 is 36.1. The van der Waals surface area contributed by atoms with Crippen LogP contribution in [0.4, 0.5) is 14.5 Å². The maximum Gasteiger partial charge on any atom is 0.387 e. The fourth-order valence-corrected chi connectivity index (χ4v) is 3.51. The molecule has 1 saturated carbocycles. The van der Waals surface area contributed by atoms with Gasteiger partial charge in [-0.2, -0.15) is 8.78 Å². The summed E-state index contributed by atoms with van der Waals surface area (Å²) in [7, 11) is 0. The van der Waals surface area contributed by atoms with Crippen molar-refractivity contribution >= 4 is 45.1 Å². The maximum atomic E-state index is 12.8. The molecule has 0 bridgehead atoms. The maximum absolute atomic E-state index is 12.8. The van der Waals surface area contributed by atoms with Gasteiger partial charge in [-0.3, -0.25) is 9.78 Å². The van der Waals surface area contributed by atoms with Gasteiger partial charge >= 0.3 is 6.61 Å². The van der Waals surface area contributed by atoms with Crippen molar-refractivity contribution in [3.8, 4) is 17.2 Å². The first-order valence-corrected chi connectivity index (χ1v) is 10.3. The van der Waals surface area contributed by atoms with Crippen LogP contribution in [0.1, 0.15) is 23.2 Å². The molecule has 6 nitrogen and oxygen atoms in total. The number of amides is 1. The second-order valence-corrected chi connectivity index (χ2v) is 8.06. The largest absolute Gasteiger partial charge is 0.505 e. The number of hydrogen-bond donors (Lipinski definition) is 2. The summed E-state index contributed by atoms with van der Waals surface area (Å²) in [6.45, 7) is -2.61. The third-order valence-electron chi connectivity index (χ3n) is 4.66. The van der Waals surface area contributed by atoms with E-state index in [2.05, 4.69) is 15.0 Å². The number of halogens is 3. The number of rotatable bonds is 7. The summed E-state index contributed by atoms with van der Waals surface area (Å²) in [5.74, 6) is -0.0347. The van der Waals surface area contributed by atoms with Crippen molar-refractivity contribution in [2.75, 3.05) is 11.9 Å². The zero-order chi connectivity index (χ0) is 21.3. The van der Waals surface area contributed by atoms with Crippen molar-refractivity contribution in [2.45, 2.75) is 19.5 Å². The number of phenols is 1. The predicted molar refractivity (Wildman–Crippen MR) is 115 cm³/mol. The monoisotopic (exact) mass is 526 g/mol. The average Bonchev–Trinajstić information content (AvgIpc) is 3.55. The molecule has 0 atom stereocenters. The third kappa shape index (κ3) is 4.55. The molecule has 156 valence electrons. The van der Waals surface area contributed by atoms with Crippen molar-refractivity contribution in [3.05, 3.63) is 51.7 Å². The number of pyridine rings is 1. The quantitative estimate of drug-likeness (QED) is 0.328. The van der Waals surface area contributed by atoms with Gasteiger partial charge in [-0.15, -0.1) is 0 Å². The van der Waals surface area contributed by atoms with Crippen LogP contribution < -0.4 is 14.8 Å². The Hall–Kier alpha value is -2.69. The minimum absolute atomic E-state index is 0.0356. The number of anilines is 1. The molecular formula is C21H17F2IN2O4. The fraction of sp³-hybridized carbons (Fsp3) is 0.238. The minimum Gasteiger partial charge on any atom is -0.505 e. The Balaban J connectivity index is 1.62. The van der Waals surface area contributed by atoms with Gasteiger partial charge in [0.1, 0.15) is 5.52 Å². The topological polar surface area (TPSA) is 80.7 Å². The summed E-state index contributed by atoms with van der Waals surface area (Å²) in [4.78, 5) is 17.0. The van der Waals surface area contributed by atoms with Crippen molar-refractivity contribution in [3.63, 3.8) is 0 Å². The Morgan fingerprint density at radius 2 is 2.07 bits per heavy atom. The molecule has 1 heterocycles. The van der Waals surface area contributed by atoms with Crippen molar-refractivity contribution < 1.29 is 28.2 Å². The van der Waals surface area contributed by atoms with Gasteiger partial charge in [-0.25, -0.2) is 0 Å². The Morgan fingerprint density at radius 3 is 2.80 bits per heavy atom. The molecule has 1 amide bonds. The Bertz CT molecular complexity index is 1110. The summed E-state index contributed by atoms with van der Waals surface area (Å²) in [5, 5.41) is 13.6. The molecule has 30 heavy (non-hydrogen) atoms. The first-order chi connectivity index (χ1) is 14.4. The lowest BCUT2D eigenvalue weighted by Crippen LogP contribution is -2.13. The van der Waals surface area contributed by atoms with Gasteiger partial charge in [-0.05, 0) is 77.7 Å². The molecule has 1 fully saturated rings. The molecule has 0 unspecified atom stereocenters. The van der Waals surface area contributed by atoms with Crippen LogP contribution in [-0.4, -0.2) is 29.2 Å². The lowest BCUT2D eigenvalue weighted by Gasteiger charge is -2.14. The number of hydrogen-bond acceptors (Lipinski definition) is 5. The second-order valence-electron chi connectivity index (χ2n) is 6.90. The van der Waals surface area contributed by atoms with Crippen molar-refractivity contribution in [2.24, 2.45) is 5.92 Å². The first kappa shape index (κ1) is 20.6. The number of nitrogens with one attached hydrogen (secondary N) is 1. The lowest BCUT2D eigenvalue weighted by molar-refractivity contribution is -0.0515. The highest BCUT2D eigenvalue weighted by molar-refractivity contribution is 14.1. The second kappa shape index (κ2) is 8.58. The summed E-state index contributed by atoms with van der Waals surface area (Å²) in [6, 6.07) is 9.15. The highest BCUT2D eigenvalue weighted by Crippen LogP contribution is 2.36. The molecule has 2 N–H and O–H groups in total. The average molecular weight is 526 g/mol. The van der Waals surface area contributed by atoms with Crippen LogP contribution in [0.15, 0.2) is 42.6 Å². The van der Waals surface area contributed by atoms with Crippen LogP contribution in [-0.2, 0) is 0 Å². The van der Waals surface area contributed by atoms with E-state index in [0.29, 0.717) is 32.7 Å². The molecule has 9 heteroatoms. The zero-order valence-corrected chi connectivity index (χ0v) is 17.7. The molecule has 1 aromatic heterocycles. The molecule has 0 saturated heterocycles. The highest BCUT2D eigenvalue weighted by Gasteiger charge is 2.23. The van der Waals surface area contributed by atoms with E-state index in [1.807, 2.05) is 22.6 Å². The van der Waals surface area contributed by atoms with Gasteiger partial charge in [0.15, 0.2) is 17.2 Å². The third-order valence-corrected chi connectivity index (χ3v) is 5.48. The SMILES string of the molecule is O=C(Nc1cc(I)c(O)c2ncccc12)c1ccc(OC(F)F)c(OCC2CC2)c1. The standard InChI is InChI=1S/C21H17F2IN2O4/c22-21(23)30-16-6-5-12(8-17(16)29-10-11-3-4-11)20(28)26-15-9-14(24)19(27)18-13(15)2-1-7-25-18/h1-2,5-9,11,21,27H,3-4,10H2,(H,26,28). The Kier molecular flexibility index (Phi) is 5.89. The van der Waals surface area contributed by atoms with Gasteiger partial charge < -0.3 is 19.9 Å². The van der Waals surface area contributed by atoms with Crippen LogP contribution in [0, 0.1) is 9.49 Å². The van der Waals surface area contributed by atoms with Gasteiger partial charge in [0.05, 0.1) is 15.9 Å². The number of nitrogens with zero attached hydrogens (tertiary/aromatic N) is 1. The van der Waals surface area contributed by atoms with Crippen LogP contribution in [0.5, 0.6) is 17.2 Å². The van der Waals surface area contributed by atoms with Crippen molar-refractivity contribution in [1.82, 2.24) is 4.98 Å². The number of carbonyl (C=O) groups excluding carboxylic acids is 1. The minimum atomic E-state index is -2.99. The number of benzene rings is 2. The number of carbonyl (C=O) groups is 1. The first-order valence-electron chi connectivity index (χ1n) is 9.21. The van der Waals surface area contributed by atoms with Gasteiger partial charge in [-0.1, -0.05) is 0 Å². The zero-order valence-electron chi connectivity index (χ0n) is 15.6. The van der Waals surface area contributed by atoms with E-state index >= 15 is 0 Å². The van der Waals surface area contributed by atoms with E-state index in [0.717, 1.165) is 12.8 Å². The number of alkyl halides is 2. The Labute approximate surface area is 184 Å². The number of phenolic OH excluding ortho intramolecular Hbond substituents is 1. The van der Waals surface area contributed by atoms with E-state index in [-0.39, 0.29) is 22.8 Å². The molecule has 1 aliphatic rings. The molecule has 0 radical (unpaired) electrons. The van der Waals surface area contributed by atoms with Gasteiger partial charge in [0.25, 0.3) is 5.91 Å². The molecule has 0 spiro atoms. The van der Waals surface area contributed by atoms with Crippen LogP contribution in [0.3, 0.4) is 0 Å². The lowest BCUT2D eigenvalue weighted by atomic mass is 10.1. The number of fused-ring (bicyclic) bond motifs is 1. The Morgan fingerprint density at radius 1 is 1.27 bits per heavy atom. The molecule has 4 rings (SSSR count). The highest BCUT2D eigenvalue weighted by atomic mass is 127. The normalized spacial score (nSPS) is 13.5. The van der Waals surface area contributed by atoms with E-state index in [9.17, 15) is 18.7 Å². The van der Waals surface area contributed by atoms with E-state index < -0.39 is 12.5 Å². The smallest absolute Gasteiger partial charge is 0.387 e. The van der Waals surface area contributed by atoms with Gasteiger partial charge in [0.2, 0.25) is 0 Å². The van der Waals surface area contributed by atoms with Crippen LogP contribution in [0.25, 0.3) is 10.9 Å². The van der Waals surface area contributed by atoms with E-state index in [1.54, 1.807) is 24.4 Å². The number of aromatic hydroxyl groups is 1. The fourth-order valence-electron chi connectivity index (χ4n) is 2.94. The molecule has 0 aliphatic heterocycles.